The van der Waals surface area contributed by atoms with Crippen molar-refractivity contribution in [3.63, 3.8) is 0 Å². The van der Waals surface area contributed by atoms with Crippen molar-refractivity contribution in [3.05, 3.63) is 0 Å². The zero-order valence-corrected chi connectivity index (χ0v) is 8.34. The number of thioether (sulfide) groups is 1. The zero-order valence-electron chi connectivity index (χ0n) is 7.53. The van der Waals surface area contributed by atoms with E-state index in [1.54, 1.807) is 11.8 Å². The topological polar surface area (TPSA) is 92.4 Å². The highest BCUT2D eigenvalue weighted by Gasteiger charge is 2.62. The first-order valence-electron chi connectivity index (χ1n) is 4.43. The molecular formula is C8H12N2O3S. The van der Waals surface area contributed by atoms with Gasteiger partial charge < -0.3 is 10.8 Å². The molecule has 2 aliphatic rings. The maximum atomic E-state index is 11.7. The van der Waals surface area contributed by atoms with E-state index in [-0.39, 0.29) is 18.2 Å². The number of rotatable bonds is 3. The Kier molecular flexibility index (Phi) is 2.29. The Morgan fingerprint density at radius 3 is 2.71 bits per heavy atom. The van der Waals surface area contributed by atoms with E-state index in [0.29, 0.717) is 0 Å². The summed E-state index contributed by atoms with van der Waals surface area (Å²) >= 11 is 1.64. The van der Waals surface area contributed by atoms with Gasteiger partial charge in [0.15, 0.2) is 5.78 Å². The van der Waals surface area contributed by atoms with Crippen molar-refractivity contribution in [1.29, 1.82) is 0 Å². The molecule has 2 rings (SSSR count). The van der Waals surface area contributed by atoms with Crippen molar-refractivity contribution in [2.24, 2.45) is 11.7 Å². The molecule has 6 heteroatoms. The second-order valence-corrected chi connectivity index (χ2v) is 4.81. The van der Waals surface area contributed by atoms with Crippen molar-refractivity contribution in [1.82, 2.24) is 5.32 Å². The van der Waals surface area contributed by atoms with Crippen molar-refractivity contribution >= 4 is 23.5 Å². The Hall–Kier alpha value is -0.590. The van der Waals surface area contributed by atoms with E-state index in [1.807, 2.05) is 0 Å². The third-order valence-corrected chi connectivity index (χ3v) is 3.74. The lowest BCUT2D eigenvalue weighted by Crippen LogP contribution is -2.42. The van der Waals surface area contributed by atoms with Gasteiger partial charge in [-0.15, -0.1) is 11.8 Å². The van der Waals surface area contributed by atoms with Gasteiger partial charge in [-0.05, 0) is 6.42 Å². The summed E-state index contributed by atoms with van der Waals surface area (Å²) in [5, 5.41) is 11.8. The summed E-state index contributed by atoms with van der Waals surface area (Å²) in [6.45, 7) is 0. The second-order valence-electron chi connectivity index (χ2n) is 3.78. The molecule has 0 amide bonds. The lowest BCUT2D eigenvalue weighted by molar-refractivity contribution is -0.141. The van der Waals surface area contributed by atoms with Gasteiger partial charge >= 0.3 is 5.97 Å². The maximum absolute atomic E-state index is 11.7. The van der Waals surface area contributed by atoms with E-state index in [2.05, 4.69) is 5.32 Å². The largest absolute Gasteiger partial charge is 0.480 e. The van der Waals surface area contributed by atoms with Crippen LogP contribution in [0.5, 0.6) is 0 Å². The van der Waals surface area contributed by atoms with E-state index in [4.69, 9.17) is 10.8 Å². The predicted octanol–water partition coefficient (Wildman–Crippen LogP) is -0.980. The Labute approximate surface area is 85.4 Å². The number of hydrogen-bond donors (Lipinski definition) is 3. The van der Waals surface area contributed by atoms with Gasteiger partial charge in [0.25, 0.3) is 0 Å². The fourth-order valence-electron chi connectivity index (χ4n) is 1.69. The monoisotopic (exact) mass is 216 g/mol. The van der Waals surface area contributed by atoms with Gasteiger partial charge in [-0.1, -0.05) is 0 Å². The quantitative estimate of drug-likeness (QED) is 0.561. The van der Waals surface area contributed by atoms with E-state index >= 15 is 0 Å². The number of nitrogens with one attached hydrogen (secondary N) is 1. The lowest BCUT2D eigenvalue weighted by Gasteiger charge is -2.09. The first kappa shape index (κ1) is 9.95. The number of Topliss-reactive ketones (excluding diaryl/α,β-unsaturated/α-hetero) is 1. The first-order chi connectivity index (χ1) is 6.55. The van der Waals surface area contributed by atoms with Crippen LogP contribution in [-0.2, 0) is 9.59 Å². The van der Waals surface area contributed by atoms with Crippen LogP contribution >= 0.6 is 11.8 Å². The maximum Gasteiger partial charge on any atom is 0.324 e. The van der Waals surface area contributed by atoms with Crippen LogP contribution < -0.4 is 11.1 Å². The van der Waals surface area contributed by atoms with E-state index < -0.39 is 17.4 Å². The van der Waals surface area contributed by atoms with Gasteiger partial charge in [0.2, 0.25) is 0 Å². The van der Waals surface area contributed by atoms with Gasteiger partial charge in [-0.3, -0.25) is 14.9 Å². The van der Waals surface area contributed by atoms with Gasteiger partial charge in [0, 0.05) is 11.6 Å². The summed E-state index contributed by atoms with van der Waals surface area (Å²) in [6.07, 6.45) is 0.282. The number of carboxylic acids is 1. The fraction of sp³-hybridized carbons (Fsp3) is 0.750. The van der Waals surface area contributed by atoms with Gasteiger partial charge in [0.05, 0.1) is 12.0 Å². The molecule has 2 fully saturated rings. The van der Waals surface area contributed by atoms with Gasteiger partial charge in [-0.2, -0.15) is 0 Å². The van der Waals surface area contributed by atoms with Crippen LogP contribution in [0.15, 0.2) is 0 Å². The van der Waals surface area contributed by atoms with Gasteiger partial charge in [0.1, 0.15) is 5.54 Å². The molecule has 2 unspecified atom stereocenters. The summed E-state index contributed by atoms with van der Waals surface area (Å²) in [6, 6.07) is -0.199. The highest BCUT2D eigenvalue weighted by atomic mass is 32.2. The van der Waals surface area contributed by atoms with E-state index in [0.717, 1.165) is 11.6 Å². The molecule has 1 saturated heterocycles. The van der Waals surface area contributed by atoms with Crippen LogP contribution in [0.25, 0.3) is 0 Å². The number of nitrogens with two attached hydrogens (primary N) is 1. The minimum atomic E-state index is -1.29. The first-order valence-corrected chi connectivity index (χ1v) is 5.58. The highest BCUT2D eigenvalue weighted by molar-refractivity contribution is 7.99. The Morgan fingerprint density at radius 2 is 2.29 bits per heavy atom. The van der Waals surface area contributed by atoms with Crippen molar-refractivity contribution in [3.8, 4) is 0 Å². The molecule has 3 atom stereocenters. The van der Waals surface area contributed by atoms with Crippen LogP contribution in [-0.4, -0.2) is 40.1 Å². The summed E-state index contributed by atoms with van der Waals surface area (Å²) in [4.78, 5) is 22.4. The molecule has 4 N–H and O–H groups in total. The molecule has 1 aliphatic carbocycles. The Morgan fingerprint density at radius 1 is 1.57 bits per heavy atom. The Balaban J connectivity index is 1.98. The molecule has 0 spiro atoms. The summed E-state index contributed by atoms with van der Waals surface area (Å²) in [5.74, 6) is -0.115. The Bertz CT molecular complexity index is 290. The normalized spacial score (nSPS) is 40.9. The zero-order chi connectivity index (χ0) is 10.3. The molecule has 78 valence electrons. The third kappa shape index (κ3) is 1.43. The number of carbonyl (C=O) groups excluding carboxylic acids is 1. The molecule has 14 heavy (non-hydrogen) atoms. The SMILES string of the molecule is NC1(C(=O)O)CC1C(=O)[C@@H]1CSCN1. The molecule has 5 nitrogen and oxygen atoms in total. The standard InChI is InChI=1S/C8H12N2O3S/c9-8(7(12)13)1-4(8)6(11)5-2-14-3-10-5/h4-5,10H,1-3,9H2,(H,12,13)/t4?,5-,8?/m0/s1. The molecule has 0 bridgehead atoms. The number of ketones is 1. The smallest absolute Gasteiger partial charge is 0.324 e. The number of aliphatic carboxylic acids is 1. The number of hydrogen-bond acceptors (Lipinski definition) is 5. The molecule has 0 aromatic heterocycles. The van der Waals surface area contributed by atoms with E-state index in [1.165, 1.54) is 0 Å². The molecule has 1 saturated carbocycles. The number of carbonyl (C=O) groups is 2. The molecule has 0 aromatic carbocycles. The van der Waals surface area contributed by atoms with Crippen LogP contribution in [0, 0.1) is 5.92 Å². The summed E-state index contributed by atoms with van der Waals surface area (Å²) in [5.41, 5.74) is 4.26. The molecule has 1 heterocycles. The lowest BCUT2D eigenvalue weighted by atomic mass is 10.1. The average Bonchev–Trinajstić information content (AvgIpc) is 2.65. The van der Waals surface area contributed by atoms with Crippen LogP contribution in [0.1, 0.15) is 6.42 Å². The van der Waals surface area contributed by atoms with Crippen molar-refractivity contribution < 1.29 is 14.7 Å². The third-order valence-electron chi connectivity index (χ3n) is 2.80. The van der Waals surface area contributed by atoms with Crippen LogP contribution in [0.2, 0.25) is 0 Å². The van der Waals surface area contributed by atoms with Gasteiger partial charge in [-0.25, -0.2) is 0 Å². The van der Waals surface area contributed by atoms with Crippen LogP contribution in [0.4, 0.5) is 0 Å². The predicted molar refractivity (Wildman–Crippen MR) is 51.9 cm³/mol. The fourth-order valence-corrected chi connectivity index (χ4v) is 2.65. The van der Waals surface area contributed by atoms with Crippen LogP contribution in [0.3, 0.4) is 0 Å². The number of carboxylic acid groups (broad SMARTS) is 1. The summed E-state index contributed by atoms with van der Waals surface area (Å²) < 4.78 is 0. The van der Waals surface area contributed by atoms with Crippen molar-refractivity contribution in [2.45, 2.75) is 18.0 Å². The van der Waals surface area contributed by atoms with Crippen molar-refractivity contribution in [2.75, 3.05) is 11.6 Å². The average molecular weight is 216 g/mol. The molecule has 0 aromatic rings. The molecule has 1 aliphatic heterocycles. The minimum Gasteiger partial charge on any atom is -0.480 e. The summed E-state index contributed by atoms with van der Waals surface area (Å²) in [7, 11) is 0. The second kappa shape index (κ2) is 3.22. The van der Waals surface area contributed by atoms with E-state index in [9.17, 15) is 9.59 Å². The highest BCUT2D eigenvalue weighted by Crippen LogP contribution is 2.43. The molecular weight excluding hydrogens is 204 g/mol. The minimum absolute atomic E-state index is 0.0418. The molecule has 0 radical (unpaired) electrons.